The van der Waals surface area contributed by atoms with Gasteiger partial charge >= 0.3 is 0 Å². The van der Waals surface area contributed by atoms with Gasteiger partial charge in [-0.05, 0) is 18.6 Å². The van der Waals surface area contributed by atoms with Crippen LogP contribution in [0.25, 0.3) is 11.1 Å². The van der Waals surface area contributed by atoms with E-state index in [9.17, 15) is 8.42 Å². The largest absolute Gasteiger partial charge is 0.397 e. The lowest BCUT2D eigenvalue weighted by molar-refractivity contribution is 0.483. The number of nitrogen functional groups attached to an aromatic ring is 1. The Balaban J connectivity index is 2.67. The second kappa shape index (κ2) is 4.44. The molecule has 0 saturated heterocycles. The molecule has 94 valence electrons. The maximum absolute atomic E-state index is 11.2. The van der Waals surface area contributed by atoms with Crippen molar-refractivity contribution < 1.29 is 13.0 Å². The molecule has 0 aromatic heterocycles. The Morgan fingerprint density at radius 2 is 1.78 bits per heavy atom. The van der Waals surface area contributed by atoms with Gasteiger partial charge < -0.3 is 5.73 Å². The molecule has 2 aromatic rings. The summed E-state index contributed by atoms with van der Waals surface area (Å²) in [7, 11) is -4.30. The second-order valence-corrected chi connectivity index (χ2v) is 5.45. The van der Waals surface area contributed by atoms with E-state index >= 15 is 0 Å². The number of rotatable bonds is 2. The molecular formula is C13H13NO3S. The van der Waals surface area contributed by atoms with Crippen molar-refractivity contribution in [3.63, 3.8) is 0 Å². The molecule has 0 unspecified atom stereocenters. The fourth-order valence-electron chi connectivity index (χ4n) is 1.83. The molecule has 4 nitrogen and oxygen atoms in total. The molecule has 0 atom stereocenters. The van der Waals surface area contributed by atoms with Crippen LogP contribution in [0, 0.1) is 6.92 Å². The predicted octanol–water partition coefficient (Wildman–Crippen LogP) is 2.49. The van der Waals surface area contributed by atoms with Crippen molar-refractivity contribution in [1.29, 1.82) is 0 Å². The standard InChI is InChI=1S/C13H13NO3S/c1-9-4-2-5-10(8-9)11-6-3-7-12(13(11)14)18(15,16)17/h2-8H,14H2,1H3,(H,15,16,17). The summed E-state index contributed by atoms with van der Waals surface area (Å²) < 4.78 is 31.4. The first-order valence-electron chi connectivity index (χ1n) is 5.32. The Bertz CT molecular complexity index is 693. The number of para-hydroxylation sites is 1. The Morgan fingerprint density at radius 1 is 1.11 bits per heavy atom. The van der Waals surface area contributed by atoms with Crippen molar-refractivity contribution in [2.45, 2.75) is 11.8 Å². The van der Waals surface area contributed by atoms with Gasteiger partial charge in [0.05, 0.1) is 5.69 Å². The minimum atomic E-state index is -4.30. The van der Waals surface area contributed by atoms with E-state index in [4.69, 9.17) is 10.3 Å². The third-order valence-corrected chi connectivity index (χ3v) is 3.58. The summed E-state index contributed by atoms with van der Waals surface area (Å²) in [5.41, 5.74) is 8.33. The molecule has 0 amide bonds. The Labute approximate surface area is 106 Å². The number of benzene rings is 2. The van der Waals surface area contributed by atoms with Crippen molar-refractivity contribution >= 4 is 15.8 Å². The molecule has 0 radical (unpaired) electrons. The smallest absolute Gasteiger partial charge is 0.296 e. The summed E-state index contributed by atoms with van der Waals surface area (Å²) in [6.45, 7) is 1.94. The molecule has 2 aromatic carbocycles. The number of aryl methyl sites for hydroxylation is 1. The number of nitrogens with two attached hydrogens (primary N) is 1. The van der Waals surface area contributed by atoms with Crippen LogP contribution in [0.1, 0.15) is 5.56 Å². The lowest BCUT2D eigenvalue weighted by Crippen LogP contribution is -2.04. The van der Waals surface area contributed by atoms with Crippen LogP contribution in [0.15, 0.2) is 47.4 Å². The van der Waals surface area contributed by atoms with Gasteiger partial charge in [0.15, 0.2) is 0 Å². The van der Waals surface area contributed by atoms with Crippen LogP contribution in [0.2, 0.25) is 0 Å². The van der Waals surface area contributed by atoms with Crippen molar-refractivity contribution in [1.82, 2.24) is 0 Å². The summed E-state index contributed by atoms with van der Waals surface area (Å²) in [5.74, 6) is 0. The number of hydrogen-bond donors (Lipinski definition) is 2. The van der Waals surface area contributed by atoms with E-state index in [1.54, 1.807) is 12.1 Å². The molecule has 2 rings (SSSR count). The highest BCUT2D eigenvalue weighted by atomic mass is 32.2. The molecule has 0 fully saturated rings. The molecule has 5 heteroatoms. The monoisotopic (exact) mass is 263 g/mol. The van der Waals surface area contributed by atoms with Crippen LogP contribution in [0.5, 0.6) is 0 Å². The molecule has 0 spiro atoms. The maximum Gasteiger partial charge on any atom is 0.296 e. The van der Waals surface area contributed by atoms with Crippen molar-refractivity contribution in [3.8, 4) is 11.1 Å². The van der Waals surface area contributed by atoms with Crippen LogP contribution >= 0.6 is 0 Å². The molecule has 0 aliphatic rings. The summed E-state index contributed by atoms with van der Waals surface area (Å²) in [6.07, 6.45) is 0. The minimum absolute atomic E-state index is 0.0607. The van der Waals surface area contributed by atoms with Gasteiger partial charge in [-0.1, -0.05) is 42.0 Å². The zero-order valence-electron chi connectivity index (χ0n) is 9.79. The quantitative estimate of drug-likeness (QED) is 0.644. The van der Waals surface area contributed by atoms with Gasteiger partial charge in [0.1, 0.15) is 4.90 Å². The van der Waals surface area contributed by atoms with Gasteiger partial charge in [-0.15, -0.1) is 0 Å². The first-order valence-corrected chi connectivity index (χ1v) is 6.76. The fraction of sp³-hybridized carbons (Fsp3) is 0.0769. The molecule has 0 aliphatic carbocycles. The topological polar surface area (TPSA) is 80.4 Å². The second-order valence-electron chi connectivity index (χ2n) is 4.06. The molecule has 3 N–H and O–H groups in total. The van der Waals surface area contributed by atoms with E-state index in [2.05, 4.69) is 0 Å². The molecule has 18 heavy (non-hydrogen) atoms. The van der Waals surface area contributed by atoms with E-state index in [1.165, 1.54) is 6.07 Å². The average molecular weight is 263 g/mol. The zero-order chi connectivity index (χ0) is 13.3. The highest BCUT2D eigenvalue weighted by molar-refractivity contribution is 7.86. The van der Waals surface area contributed by atoms with Gasteiger partial charge in [0.25, 0.3) is 10.1 Å². The molecule has 0 bridgehead atoms. The summed E-state index contributed by atoms with van der Waals surface area (Å²) in [5, 5.41) is 0. The normalized spacial score (nSPS) is 11.4. The molecule has 0 heterocycles. The first-order chi connectivity index (χ1) is 8.39. The molecule has 0 saturated carbocycles. The fourth-order valence-corrected chi connectivity index (χ4v) is 2.47. The SMILES string of the molecule is Cc1cccc(-c2cccc(S(=O)(=O)O)c2N)c1. The van der Waals surface area contributed by atoms with Gasteiger partial charge in [-0.25, -0.2) is 0 Å². The summed E-state index contributed by atoms with van der Waals surface area (Å²) in [6, 6.07) is 12.1. The summed E-state index contributed by atoms with van der Waals surface area (Å²) in [4.78, 5) is -0.262. The molecule has 0 aliphatic heterocycles. The van der Waals surface area contributed by atoms with Crippen LogP contribution in [0.3, 0.4) is 0 Å². The average Bonchev–Trinajstić information content (AvgIpc) is 2.27. The lowest BCUT2D eigenvalue weighted by Gasteiger charge is -2.09. The minimum Gasteiger partial charge on any atom is -0.397 e. The Kier molecular flexibility index (Phi) is 3.11. The Hall–Kier alpha value is -1.85. The number of anilines is 1. The lowest BCUT2D eigenvalue weighted by atomic mass is 10.0. The van der Waals surface area contributed by atoms with Gasteiger partial charge in [0.2, 0.25) is 0 Å². The van der Waals surface area contributed by atoms with Crippen LogP contribution in [-0.2, 0) is 10.1 Å². The van der Waals surface area contributed by atoms with Crippen LogP contribution < -0.4 is 5.73 Å². The van der Waals surface area contributed by atoms with E-state index < -0.39 is 10.1 Å². The van der Waals surface area contributed by atoms with E-state index in [0.29, 0.717) is 5.56 Å². The highest BCUT2D eigenvalue weighted by Gasteiger charge is 2.16. The van der Waals surface area contributed by atoms with Gasteiger partial charge in [-0.3, -0.25) is 4.55 Å². The van der Waals surface area contributed by atoms with Crippen molar-refractivity contribution in [2.24, 2.45) is 0 Å². The maximum atomic E-state index is 11.2. The predicted molar refractivity (Wildman–Crippen MR) is 70.8 cm³/mol. The third kappa shape index (κ3) is 2.37. The van der Waals surface area contributed by atoms with E-state index in [1.807, 2.05) is 31.2 Å². The van der Waals surface area contributed by atoms with Crippen LogP contribution in [0.4, 0.5) is 5.69 Å². The van der Waals surface area contributed by atoms with E-state index in [0.717, 1.165) is 11.1 Å². The Morgan fingerprint density at radius 3 is 2.39 bits per heavy atom. The summed E-state index contributed by atoms with van der Waals surface area (Å²) >= 11 is 0. The first kappa shape index (κ1) is 12.6. The van der Waals surface area contributed by atoms with Gasteiger partial charge in [0, 0.05) is 5.56 Å². The highest BCUT2D eigenvalue weighted by Crippen LogP contribution is 2.31. The zero-order valence-corrected chi connectivity index (χ0v) is 10.6. The third-order valence-electron chi connectivity index (χ3n) is 2.67. The van der Waals surface area contributed by atoms with Crippen molar-refractivity contribution in [2.75, 3.05) is 5.73 Å². The number of hydrogen-bond acceptors (Lipinski definition) is 3. The van der Waals surface area contributed by atoms with Crippen molar-refractivity contribution in [3.05, 3.63) is 48.0 Å². The molecular weight excluding hydrogens is 250 g/mol. The van der Waals surface area contributed by atoms with Crippen LogP contribution in [-0.4, -0.2) is 13.0 Å². The van der Waals surface area contributed by atoms with Gasteiger partial charge in [-0.2, -0.15) is 8.42 Å². The van der Waals surface area contributed by atoms with E-state index in [-0.39, 0.29) is 10.6 Å².